The van der Waals surface area contributed by atoms with E-state index >= 15 is 0 Å². The molecular weight excluding hydrogens is 196 g/mol. The molecule has 3 nitrogen and oxygen atoms in total. The molecular formula is C6H7BrN2O. The van der Waals surface area contributed by atoms with E-state index in [0.29, 0.717) is 10.4 Å². The molecule has 0 bridgehead atoms. The van der Waals surface area contributed by atoms with Crippen molar-refractivity contribution in [2.24, 2.45) is 0 Å². The van der Waals surface area contributed by atoms with Crippen LogP contribution in [0.2, 0.25) is 0 Å². The zero-order chi connectivity index (χ0) is 7.72. The first-order valence-corrected chi connectivity index (χ1v) is 3.63. The number of imidazole rings is 1. The summed E-state index contributed by atoms with van der Waals surface area (Å²) in [6, 6.07) is 0. The smallest absolute Gasteiger partial charge is 0.228 e. The van der Waals surface area contributed by atoms with E-state index < -0.39 is 0 Å². The minimum absolute atomic E-state index is 0.0179. The van der Waals surface area contributed by atoms with Gasteiger partial charge in [0.15, 0.2) is 0 Å². The topological polar surface area (TPSA) is 34.9 Å². The lowest BCUT2D eigenvalue weighted by Gasteiger charge is -1.94. The van der Waals surface area contributed by atoms with Gasteiger partial charge in [-0.15, -0.1) is 0 Å². The maximum atomic E-state index is 10.8. The summed E-state index contributed by atoms with van der Waals surface area (Å²) in [5.74, 6) is 0.690. The molecule has 0 aliphatic carbocycles. The number of carbonyl (C=O) groups is 1. The van der Waals surface area contributed by atoms with Gasteiger partial charge < -0.3 is 0 Å². The highest BCUT2D eigenvalue weighted by Gasteiger charge is 2.03. The Labute approximate surface area is 67.2 Å². The lowest BCUT2D eigenvalue weighted by atomic mass is 10.6. The number of hydrogen-bond donors (Lipinski definition) is 0. The number of carbonyl (C=O) groups excluding carboxylic acids is 1. The second kappa shape index (κ2) is 2.54. The Balaban J connectivity index is 3.15. The first kappa shape index (κ1) is 7.47. The zero-order valence-corrected chi connectivity index (χ0v) is 7.34. The van der Waals surface area contributed by atoms with Gasteiger partial charge in [-0.1, -0.05) is 0 Å². The van der Waals surface area contributed by atoms with Gasteiger partial charge in [0, 0.05) is 13.1 Å². The fraction of sp³-hybridized carbons (Fsp3) is 0.333. The number of hydrogen-bond acceptors (Lipinski definition) is 2. The third kappa shape index (κ3) is 1.26. The van der Waals surface area contributed by atoms with Gasteiger partial charge in [0.1, 0.15) is 10.4 Å². The van der Waals surface area contributed by atoms with E-state index in [1.165, 1.54) is 11.5 Å². The van der Waals surface area contributed by atoms with Gasteiger partial charge in [-0.05, 0) is 22.9 Å². The fourth-order valence-corrected chi connectivity index (χ4v) is 1.22. The molecule has 1 heterocycles. The van der Waals surface area contributed by atoms with Crippen molar-refractivity contribution in [1.82, 2.24) is 9.55 Å². The van der Waals surface area contributed by atoms with Gasteiger partial charge in [-0.3, -0.25) is 9.36 Å². The van der Waals surface area contributed by atoms with Crippen molar-refractivity contribution in [2.45, 2.75) is 13.8 Å². The Hall–Kier alpha value is -0.640. The quantitative estimate of drug-likeness (QED) is 0.641. The summed E-state index contributed by atoms with van der Waals surface area (Å²) in [4.78, 5) is 14.8. The Kier molecular flexibility index (Phi) is 1.89. The van der Waals surface area contributed by atoms with Crippen LogP contribution in [-0.2, 0) is 0 Å². The van der Waals surface area contributed by atoms with Crippen molar-refractivity contribution in [3.63, 3.8) is 0 Å². The Bertz CT molecular complexity index is 267. The summed E-state index contributed by atoms with van der Waals surface area (Å²) >= 11 is 3.17. The van der Waals surface area contributed by atoms with E-state index in [0.717, 1.165) is 0 Å². The molecule has 0 saturated heterocycles. The Morgan fingerprint density at radius 3 is 2.60 bits per heavy atom. The number of halogens is 1. The van der Waals surface area contributed by atoms with E-state index in [4.69, 9.17) is 0 Å². The van der Waals surface area contributed by atoms with E-state index in [1.807, 2.05) is 0 Å². The maximum Gasteiger partial charge on any atom is 0.228 e. The van der Waals surface area contributed by atoms with Crippen LogP contribution in [0, 0.1) is 6.92 Å². The van der Waals surface area contributed by atoms with E-state index in [1.54, 1.807) is 13.1 Å². The molecule has 0 radical (unpaired) electrons. The second-order valence-corrected chi connectivity index (χ2v) is 2.81. The van der Waals surface area contributed by atoms with Gasteiger partial charge in [0.2, 0.25) is 5.91 Å². The highest BCUT2D eigenvalue weighted by atomic mass is 79.9. The average Bonchev–Trinajstić information content (AvgIpc) is 2.10. The van der Waals surface area contributed by atoms with Crippen LogP contribution in [0.15, 0.2) is 10.8 Å². The molecule has 0 atom stereocenters. The molecule has 4 heteroatoms. The summed E-state index contributed by atoms with van der Waals surface area (Å²) in [5, 5.41) is 0. The second-order valence-electron chi connectivity index (χ2n) is 2.00. The van der Waals surface area contributed by atoms with Crippen molar-refractivity contribution in [1.29, 1.82) is 0 Å². The van der Waals surface area contributed by atoms with Crippen LogP contribution in [0.25, 0.3) is 0 Å². The highest BCUT2D eigenvalue weighted by molar-refractivity contribution is 9.10. The molecule has 0 N–H and O–H groups in total. The van der Waals surface area contributed by atoms with Crippen LogP contribution < -0.4 is 0 Å². The fourth-order valence-electron chi connectivity index (χ4n) is 0.756. The average molecular weight is 203 g/mol. The third-order valence-electron chi connectivity index (χ3n) is 1.19. The first-order chi connectivity index (χ1) is 4.61. The monoisotopic (exact) mass is 202 g/mol. The minimum Gasteiger partial charge on any atom is -0.274 e. The summed E-state index contributed by atoms with van der Waals surface area (Å²) in [6.45, 7) is 3.28. The van der Waals surface area contributed by atoms with Crippen LogP contribution in [-0.4, -0.2) is 15.5 Å². The highest BCUT2D eigenvalue weighted by Crippen LogP contribution is 2.07. The van der Waals surface area contributed by atoms with Gasteiger partial charge in [0.25, 0.3) is 0 Å². The number of nitrogens with zero attached hydrogens (tertiary/aromatic N) is 2. The van der Waals surface area contributed by atoms with Crippen LogP contribution >= 0.6 is 15.9 Å². The molecule has 0 aromatic carbocycles. The molecule has 0 amide bonds. The van der Waals surface area contributed by atoms with Gasteiger partial charge in [0.05, 0.1) is 0 Å². The van der Waals surface area contributed by atoms with Crippen molar-refractivity contribution < 1.29 is 4.79 Å². The van der Waals surface area contributed by atoms with Crippen LogP contribution in [0.3, 0.4) is 0 Å². The lowest BCUT2D eigenvalue weighted by molar-refractivity contribution is 0.0934. The predicted molar refractivity (Wildman–Crippen MR) is 41.0 cm³/mol. The molecule has 1 aromatic rings. The van der Waals surface area contributed by atoms with E-state index in [2.05, 4.69) is 20.9 Å². The Morgan fingerprint density at radius 2 is 2.40 bits per heavy atom. The molecule has 0 fully saturated rings. The normalized spacial score (nSPS) is 9.90. The summed E-state index contributed by atoms with van der Waals surface area (Å²) in [6.07, 6.45) is 1.65. The number of aryl methyl sites for hydroxylation is 1. The van der Waals surface area contributed by atoms with Gasteiger partial charge in [-0.25, -0.2) is 4.98 Å². The maximum absolute atomic E-state index is 10.8. The van der Waals surface area contributed by atoms with Crippen LogP contribution in [0.4, 0.5) is 0 Å². The molecule has 0 unspecified atom stereocenters. The number of rotatable bonds is 0. The molecule has 1 aromatic heterocycles. The molecule has 0 aliphatic heterocycles. The molecule has 0 aliphatic rings. The SMILES string of the molecule is CC(=O)n1cc(Br)nc1C. The van der Waals surface area contributed by atoms with Crippen LogP contribution in [0.5, 0.6) is 0 Å². The van der Waals surface area contributed by atoms with Crippen molar-refractivity contribution in [2.75, 3.05) is 0 Å². The first-order valence-electron chi connectivity index (χ1n) is 2.83. The standard InChI is InChI=1S/C6H7BrN2O/c1-4-8-6(7)3-9(4)5(2)10/h3H,1-2H3. The summed E-state index contributed by atoms with van der Waals surface area (Å²) in [5.41, 5.74) is 0. The molecule has 0 spiro atoms. The van der Waals surface area contributed by atoms with E-state index in [-0.39, 0.29) is 5.91 Å². The predicted octanol–water partition coefficient (Wildman–Crippen LogP) is 1.61. The lowest BCUT2D eigenvalue weighted by Crippen LogP contribution is -2.05. The summed E-state index contributed by atoms with van der Waals surface area (Å²) < 4.78 is 2.18. The van der Waals surface area contributed by atoms with Gasteiger partial charge in [-0.2, -0.15) is 0 Å². The molecule has 1 rings (SSSR count). The number of aromatic nitrogens is 2. The van der Waals surface area contributed by atoms with Gasteiger partial charge >= 0.3 is 0 Å². The van der Waals surface area contributed by atoms with Crippen molar-refractivity contribution in [3.05, 3.63) is 16.6 Å². The van der Waals surface area contributed by atoms with Crippen molar-refractivity contribution >= 4 is 21.8 Å². The third-order valence-corrected chi connectivity index (χ3v) is 1.57. The van der Waals surface area contributed by atoms with Crippen LogP contribution in [0.1, 0.15) is 17.5 Å². The minimum atomic E-state index is -0.0179. The Morgan fingerprint density at radius 1 is 1.80 bits per heavy atom. The molecule has 54 valence electrons. The van der Waals surface area contributed by atoms with E-state index in [9.17, 15) is 4.79 Å². The largest absolute Gasteiger partial charge is 0.274 e. The van der Waals surface area contributed by atoms with Crippen molar-refractivity contribution in [3.8, 4) is 0 Å². The molecule has 0 saturated carbocycles. The summed E-state index contributed by atoms with van der Waals surface area (Å²) in [7, 11) is 0. The zero-order valence-electron chi connectivity index (χ0n) is 5.76. The molecule has 10 heavy (non-hydrogen) atoms.